The molecule has 0 aliphatic rings. The third kappa shape index (κ3) is 10.5. The number of carbonyl (C=O) groups is 3. The Bertz CT molecular complexity index is 957. The number of rotatable bonds is 12. The Morgan fingerprint density at radius 2 is 1.64 bits per heavy atom. The number of aromatic amines is 1. The highest BCUT2D eigenvalue weighted by Gasteiger charge is 2.30. The number of alkyl carbamates (subject to hydrolysis) is 1. The van der Waals surface area contributed by atoms with Crippen molar-refractivity contribution in [3.05, 3.63) is 54.1 Å². The number of aliphatic hydroxyl groups excluding tert-OH is 1. The number of amides is 3. The normalized spacial score (nSPS) is 14.0. The molecule has 1 aromatic carbocycles. The van der Waals surface area contributed by atoms with E-state index in [4.69, 9.17) is 4.74 Å². The molecule has 0 fully saturated rings. The van der Waals surface area contributed by atoms with Gasteiger partial charge in [0.15, 0.2) is 0 Å². The van der Waals surface area contributed by atoms with Crippen LogP contribution in [0.3, 0.4) is 0 Å². The molecule has 0 saturated heterocycles. The van der Waals surface area contributed by atoms with Crippen molar-refractivity contribution < 1.29 is 24.2 Å². The van der Waals surface area contributed by atoms with Crippen LogP contribution in [0.1, 0.15) is 52.3 Å². The number of benzene rings is 1. The summed E-state index contributed by atoms with van der Waals surface area (Å²) in [5.74, 6) is -0.721. The lowest BCUT2D eigenvalue weighted by atomic mass is 10.0. The minimum absolute atomic E-state index is 0.130. The maximum Gasteiger partial charge on any atom is 0.408 e. The SMILES string of the molecule is CC(C)C[C@@H](CO)NC(=O)[C@H](Cc1c[nH]cn1)NC(=O)[C@H](Cc1ccccc1)NC(=O)OC(C)(C)C. The van der Waals surface area contributed by atoms with Gasteiger partial charge in [0.25, 0.3) is 0 Å². The Morgan fingerprint density at radius 3 is 2.19 bits per heavy atom. The van der Waals surface area contributed by atoms with Crippen molar-refractivity contribution in [1.29, 1.82) is 0 Å². The van der Waals surface area contributed by atoms with Crippen molar-refractivity contribution in [2.45, 2.75) is 77.6 Å². The monoisotopic (exact) mass is 501 g/mol. The van der Waals surface area contributed by atoms with E-state index in [1.165, 1.54) is 6.33 Å². The lowest BCUT2D eigenvalue weighted by molar-refractivity contribution is -0.130. The molecule has 36 heavy (non-hydrogen) atoms. The van der Waals surface area contributed by atoms with E-state index in [2.05, 4.69) is 25.9 Å². The van der Waals surface area contributed by atoms with Crippen LogP contribution in [0.2, 0.25) is 0 Å². The molecule has 3 atom stereocenters. The third-order valence-corrected chi connectivity index (χ3v) is 5.21. The number of aliphatic hydroxyl groups is 1. The summed E-state index contributed by atoms with van der Waals surface area (Å²) in [6.07, 6.45) is 3.32. The predicted octanol–water partition coefficient (Wildman–Crippen LogP) is 2.10. The van der Waals surface area contributed by atoms with Crippen LogP contribution in [0.15, 0.2) is 42.9 Å². The standard InChI is InChI=1S/C26H39N5O5/c1-17(2)11-20(15-32)29-23(33)22(13-19-14-27-16-28-19)30-24(34)21(12-18-9-7-6-8-10-18)31-25(35)36-26(3,4)5/h6-10,14,16-17,20-22,32H,11-13,15H2,1-5H3,(H,27,28)(H,29,33)(H,30,34)(H,31,35)/t20-,21-,22-/m0/s1. The number of hydrogen-bond donors (Lipinski definition) is 5. The summed E-state index contributed by atoms with van der Waals surface area (Å²) in [4.78, 5) is 46.0. The van der Waals surface area contributed by atoms with Gasteiger partial charge in [0.2, 0.25) is 11.8 Å². The quantitative estimate of drug-likeness (QED) is 0.301. The zero-order valence-electron chi connectivity index (χ0n) is 21.7. The Kier molecular flexibility index (Phi) is 10.9. The van der Waals surface area contributed by atoms with E-state index < -0.39 is 41.6 Å². The molecule has 10 nitrogen and oxygen atoms in total. The van der Waals surface area contributed by atoms with E-state index in [9.17, 15) is 19.5 Å². The number of aromatic nitrogens is 2. The van der Waals surface area contributed by atoms with Crippen LogP contribution >= 0.6 is 0 Å². The average molecular weight is 502 g/mol. The summed E-state index contributed by atoms with van der Waals surface area (Å²) >= 11 is 0. The van der Waals surface area contributed by atoms with E-state index >= 15 is 0 Å². The number of hydrogen-bond acceptors (Lipinski definition) is 6. The summed E-state index contributed by atoms with van der Waals surface area (Å²) in [5.41, 5.74) is 0.675. The molecule has 3 amide bonds. The second kappa shape index (κ2) is 13.6. The minimum atomic E-state index is -0.985. The summed E-state index contributed by atoms with van der Waals surface area (Å²) in [6, 6.07) is 6.84. The van der Waals surface area contributed by atoms with E-state index in [0.29, 0.717) is 12.1 Å². The molecule has 1 heterocycles. The van der Waals surface area contributed by atoms with Gasteiger partial charge >= 0.3 is 6.09 Å². The zero-order chi connectivity index (χ0) is 26.7. The maximum atomic E-state index is 13.4. The van der Waals surface area contributed by atoms with Crippen molar-refractivity contribution >= 4 is 17.9 Å². The number of nitrogens with zero attached hydrogens (tertiary/aromatic N) is 1. The summed E-state index contributed by atoms with van der Waals surface area (Å²) < 4.78 is 5.35. The van der Waals surface area contributed by atoms with Crippen LogP contribution in [0.4, 0.5) is 4.79 Å². The molecule has 0 unspecified atom stereocenters. The lowest BCUT2D eigenvalue weighted by Crippen LogP contribution is -2.56. The number of H-pyrrole nitrogens is 1. The van der Waals surface area contributed by atoms with Crippen molar-refractivity contribution in [3.63, 3.8) is 0 Å². The van der Waals surface area contributed by atoms with Crippen LogP contribution < -0.4 is 16.0 Å². The van der Waals surface area contributed by atoms with Gasteiger partial charge in [-0.15, -0.1) is 0 Å². The molecule has 0 spiro atoms. The Labute approximate surface area is 212 Å². The van der Waals surface area contributed by atoms with Crippen LogP contribution in [0, 0.1) is 5.92 Å². The first-order valence-corrected chi connectivity index (χ1v) is 12.2. The van der Waals surface area contributed by atoms with Gasteiger partial charge in [0.1, 0.15) is 17.7 Å². The highest BCUT2D eigenvalue weighted by molar-refractivity contribution is 5.91. The molecule has 2 rings (SSSR count). The molecule has 5 N–H and O–H groups in total. The molecule has 0 aliphatic carbocycles. The van der Waals surface area contributed by atoms with E-state index in [-0.39, 0.29) is 25.4 Å². The van der Waals surface area contributed by atoms with Crippen molar-refractivity contribution in [2.24, 2.45) is 5.92 Å². The van der Waals surface area contributed by atoms with E-state index in [1.54, 1.807) is 27.0 Å². The van der Waals surface area contributed by atoms with Gasteiger partial charge in [0, 0.05) is 19.0 Å². The smallest absolute Gasteiger partial charge is 0.408 e. The van der Waals surface area contributed by atoms with Crippen LogP contribution in [0.5, 0.6) is 0 Å². The topological polar surface area (TPSA) is 145 Å². The first-order valence-electron chi connectivity index (χ1n) is 12.2. The number of ether oxygens (including phenoxy) is 1. The lowest BCUT2D eigenvalue weighted by Gasteiger charge is -2.26. The van der Waals surface area contributed by atoms with Crippen molar-refractivity contribution in [1.82, 2.24) is 25.9 Å². The molecular formula is C26H39N5O5. The summed E-state index contributed by atoms with van der Waals surface area (Å²) in [5, 5.41) is 17.9. The van der Waals surface area contributed by atoms with Gasteiger partial charge in [-0.1, -0.05) is 44.2 Å². The largest absolute Gasteiger partial charge is 0.444 e. The average Bonchev–Trinajstić information content (AvgIpc) is 3.30. The molecule has 0 radical (unpaired) electrons. The first-order chi connectivity index (χ1) is 17.0. The second-order valence-electron chi connectivity index (χ2n) is 10.2. The molecule has 2 aromatic rings. The van der Waals surface area contributed by atoms with Gasteiger partial charge in [-0.25, -0.2) is 9.78 Å². The van der Waals surface area contributed by atoms with Crippen LogP contribution in [0.25, 0.3) is 0 Å². The van der Waals surface area contributed by atoms with Gasteiger partial charge < -0.3 is 30.8 Å². The van der Waals surface area contributed by atoms with Crippen molar-refractivity contribution in [3.8, 4) is 0 Å². The van der Waals surface area contributed by atoms with Gasteiger partial charge in [-0.2, -0.15) is 0 Å². The predicted molar refractivity (Wildman–Crippen MR) is 136 cm³/mol. The molecular weight excluding hydrogens is 462 g/mol. The minimum Gasteiger partial charge on any atom is -0.444 e. The number of nitrogens with one attached hydrogen (secondary N) is 4. The van der Waals surface area contributed by atoms with Crippen LogP contribution in [-0.4, -0.2) is 63.3 Å². The number of imidazole rings is 1. The van der Waals surface area contributed by atoms with Crippen LogP contribution in [-0.2, 0) is 27.2 Å². The van der Waals surface area contributed by atoms with E-state index in [1.807, 2.05) is 44.2 Å². The maximum absolute atomic E-state index is 13.4. The van der Waals surface area contributed by atoms with Crippen molar-refractivity contribution in [2.75, 3.05) is 6.61 Å². The Hall–Kier alpha value is -3.40. The number of carbonyl (C=O) groups excluding carboxylic acids is 3. The molecule has 1 aromatic heterocycles. The summed E-state index contributed by atoms with van der Waals surface area (Å²) in [7, 11) is 0. The highest BCUT2D eigenvalue weighted by atomic mass is 16.6. The zero-order valence-corrected chi connectivity index (χ0v) is 21.7. The fourth-order valence-corrected chi connectivity index (χ4v) is 3.65. The van der Waals surface area contributed by atoms with Gasteiger partial charge in [-0.3, -0.25) is 9.59 Å². The summed E-state index contributed by atoms with van der Waals surface area (Å²) in [6.45, 7) is 8.97. The third-order valence-electron chi connectivity index (χ3n) is 5.21. The van der Waals surface area contributed by atoms with E-state index in [0.717, 1.165) is 5.56 Å². The molecule has 10 heteroatoms. The molecule has 0 saturated carbocycles. The first kappa shape index (κ1) is 28.8. The molecule has 198 valence electrons. The second-order valence-corrected chi connectivity index (χ2v) is 10.2. The van der Waals surface area contributed by atoms with Gasteiger partial charge in [0.05, 0.1) is 24.7 Å². The Morgan fingerprint density at radius 1 is 1.00 bits per heavy atom. The fraction of sp³-hybridized carbons (Fsp3) is 0.538. The molecule has 0 bridgehead atoms. The Balaban J connectivity index is 2.22. The van der Waals surface area contributed by atoms with Gasteiger partial charge in [-0.05, 0) is 38.7 Å². The molecule has 0 aliphatic heterocycles. The fourth-order valence-electron chi connectivity index (χ4n) is 3.65. The highest BCUT2D eigenvalue weighted by Crippen LogP contribution is 2.10.